The maximum absolute atomic E-state index is 12.3. The highest BCUT2D eigenvalue weighted by molar-refractivity contribution is 5.94. The first-order valence-corrected chi connectivity index (χ1v) is 7.37. The fourth-order valence-electron chi connectivity index (χ4n) is 2.76. The third-order valence-corrected chi connectivity index (χ3v) is 3.69. The van der Waals surface area contributed by atoms with Gasteiger partial charge in [-0.3, -0.25) is 10.1 Å². The third-order valence-electron chi connectivity index (χ3n) is 3.69. The van der Waals surface area contributed by atoms with Crippen LogP contribution in [-0.4, -0.2) is 28.2 Å². The summed E-state index contributed by atoms with van der Waals surface area (Å²) in [5.41, 5.74) is 1.73. The van der Waals surface area contributed by atoms with Crippen LogP contribution < -0.4 is 5.32 Å². The van der Waals surface area contributed by atoms with Crippen LogP contribution >= 0.6 is 0 Å². The zero-order chi connectivity index (χ0) is 15.0. The molecule has 1 aromatic carbocycles. The second-order valence-electron chi connectivity index (χ2n) is 6.42. The van der Waals surface area contributed by atoms with Gasteiger partial charge in [0.15, 0.2) is 0 Å². The van der Waals surface area contributed by atoms with Gasteiger partial charge in [0.25, 0.3) is 5.91 Å². The summed E-state index contributed by atoms with van der Waals surface area (Å²) in [6.45, 7) is 6.96. The summed E-state index contributed by atoms with van der Waals surface area (Å²) in [6, 6.07) is 7.92. The van der Waals surface area contributed by atoms with Gasteiger partial charge in [0.1, 0.15) is 6.10 Å². The first-order chi connectivity index (χ1) is 9.97. The van der Waals surface area contributed by atoms with E-state index in [1.165, 1.54) is 0 Å². The Morgan fingerprint density at radius 1 is 1.38 bits per heavy atom. The van der Waals surface area contributed by atoms with E-state index in [2.05, 4.69) is 35.6 Å². The number of imidazole rings is 1. The molecule has 0 aliphatic carbocycles. The molecule has 0 spiro atoms. The van der Waals surface area contributed by atoms with Gasteiger partial charge in [-0.05, 0) is 45.7 Å². The second kappa shape index (κ2) is 5.15. The van der Waals surface area contributed by atoms with Gasteiger partial charge >= 0.3 is 0 Å². The van der Waals surface area contributed by atoms with E-state index in [0.717, 1.165) is 23.9 Å². The van der Waals surface area contributed by atoms with E-state index in [4.69, 9.17) is 4.74 Å². The summed E-state index contributed by atoms with van der Waals surface area (Å²) in [7, 11) is 0. The smallest absolute Gasteiger partial charge is 0.255 e. The van der Waals surface area contributed by atoms with Gasteiger partial charge in [-0.25, -0.2) is 4.98 Å². The third kappa shape index (κ3) is 2.65. The predicted molar refractivity (Wildman–Crippen MR) is 82.3 cm³/mol. The SMILES string of the molecule is CC(C)(C)n1c(NC(=O)C2CCCO2)nc2ccccc21. The number of ether oxygens (including phenoxy) is 1. The summed E-state index contributed by atoms with van der Waals surface area (Å²) in [6.07, 6.45) is 1.37. The van der Waals surface area contributed by atoms with Crippen molar-refractivity contribution in [2.45, 2.75) is 45.3 Å². The summed E-state index contributed by atoms with van der Waals surface area (Å²) in [5, 5.41) is 2.94. The topological polar surface area (TPSA) is 56.2 Å². The van der Waals surface area contributed by atoms with E-state index in [-0.39, 0.29) is 17.6 Å². The van der Waals surface area contributed by atoms with Crippen LogP contribution in [0.5, 0.6) is 0 Å². The summed E-state index contributed by atoms with van der Waals surface area (Å²) in [4.78, 5) is 16.8. The van der Waals surface area contributed by atoms with Crippen LogP contribution in [0.25, 0.3) is 11.0 Å². The fraction of sp³-hybridized carbons (Fsp3) is 0.500. The average molecular weight is 287 g/mol. The molecule has 1 atom stereocenters. The number of hydrogen-bond acceptors (Lipinski definition) is 3. The molecular weight excluding hydrogens is 266 g/mol. The number of carbonyl (C=O) groups excluding carboxylic acids is 1. The second-order valence-corrected chi connectivity index (χ2v) is 6.42. The van der Waals surface area contributed by atoms with E-state index in [1.54, 1.807) is 0 Å². The molecule has 0 radical (unpaired) electrons. The number of hydrogen-bond donors (Lipinski definition) is 1. The van der Waals surface area contributed by atoms with Crippen molar-refractivity contribution >= 4 is 22.9 Å². The molecular formula is C16H21N3O2. The van der Waals surface area contributed by atoms with E-state index >= 15 is 0 Å². The van der Waals surface area contributed by atoms with Gasteiger partial charge in [-0.15, -0.1) is 0 Å². The zero-order valence-corrected chi connectivity index (χ0v) is 12.7. The quantitative estimate of drug-likeness (QED) is 0.924. The average Bonchev–Trinajstić information content (AvgIpc) is 3.04. The van der Waals surface area contributed by atoms with Crippen molar-refractivity contribution < 1.29 is 9.53 Å². The Hall–Kier alpha value is -1.88. The molecule has 1 saturated heterocycles. The van der Waals surface area contributed by atoms with Gasteiger partial charge in [-0.2, -0.15) is 0 Å². The number of rotatable bonds is 2. The molecule has 5 heteroatoms. The Kier molecular flexibility index (Phi) is 3.45. The Labute approximate surface area is 124 Å². The number of amides is 1. The molecule has 5 nitrogen and oxygen atoms in total. The molecule has 2 heterocycles. The van der Waals surface area contributed by atoms with E-state index in [1.807, 2.05) is 24.3 Å². The predicted octanol–water partition coefficient (Wildman–Crippen LogP) is 2.91. The first kappa shape index (κ1) is 14.1. The highest BCUT2D eigenvalue weighted by Crippen LogP contribution is 2.28. The van der Waals surface area contributed by atoms with Crippen LogP contribution in [0.2, 0.25) is 0 Å². The molecule has 21 heavy (non-hydrogen) atoms. The van der Waals surface area contributed by atoms with E-state index < -0.39 is 0 Å². The number of para-hydroxylation sites is 2. The van der Waals surface area contributed by atoms with Gasteiger partial charge in [-0.1, -0.05) is 12.1 Å². The molecule has 1 aromatic heterocycles. The minimum Gasteiger partial charge on any atom is -0.368 e. The van der Waals surface area contributed by atoms with Crippen LogP contribution in [0.15, 0.2) is 24.3 Å². The molecule has 1 amide bonds. The Morgan fingerprint density at radius 3 is 2.81 bits per heavy atom. The van der Waals surface area contributed by atoms with Crippen molar-refractivity contribution in [1.29, 1.82) is 0 Å². The summed E-state index contributed by atoms with van der Waals surface area (Å²) >= 11 is 0. The standard InChI is InChI=1S/C16H21N3O2/c1-16(2,3)19-12-8-5-4-7-11(12)17-15(19)18-14(20)13-9-6-10-21-13/h4-5,7-8,13H,6,9-10H2,1-3H3,(H,17,18,20). The van der Waals surface area contributed by atoms with Crippen molar-refractivity contribution in [1.82, 2.24) is 9.55 Å². The van der Waals surface area contributed by atoms with Gasteiger partial charge in [0.05, 0.1) is 11.0 Å². The Balaban J connectivity index is 1.99. The number of benzene rings is 1. The van der Waals surface area contributed by atoms with Crippen molar-refractivity contribution in [3.05, 3.63) is 24.3 Å². The fourth-order valence-corrected chi connectivity index (χ4v) is 2.76. The highest BCUT2D eigenvalue weighted by Gasteiger charge is 2.27. The lowest BCUT2D eigenvalue weighted by molar-refractivity contribution is -0.124. The molecule has 1 unspecified atom stereocenters. The monoisotopic (exact) mass is 287 g/mol. The molecule has 0 saturated carbocycles. The minimum absolute atomic E-state index is 0.103. The lowest BCUT2D eigenvalue weighted by Crippen LogP contribution is -2.31. The zero-order valence-electron chi connectivity index (χ0n) is 12.7. The maximum Gasteiger partial charge on any atom is 0.255 e. The largest absolute Gasteiger partial charge is 0.368 e. The lowest BCUT2D eigenvalue weighted by Gasteiger charge is -2.24. The van der Waals surface area contributed by atoms with Crippen LogP contribution in [0.1, 0.15) is 33.6 Å². The molecule has 1 aliphatic rings. The number of carbonyl (C=O) groups is 1. The normalized spacial score (nSPS) is 19.1. The molecule has 1 N–H and O–H groups in total. The Morgan fingerprint density at radius 2 is 2.14 bits per heavy atom. The summed E-state index contributed by atoms with van der Waals surface area (Å²) in [5.74, 6) is 0.484. The first-order valence-electron chi connectivity index (χ1n) is 7.37. The van der Waals surface area contributed by atoms with E-state index in [0.29, 0.717) is 12.6 Å². The summed E-state index contributed by atoms with van der Waals surface area (Å²) < 4.78 is 7.50. The maximum atomic E-state index is 12.3. The van der Waals surface area contributed by atoms with Crippen molar-refractivity contribution in [2.24, 2.45) is 0 Å². The van der Waals surface area contributed by atoms with Crippen LogP contribution in [0, 0.1) is 0 Å². The van der Waals surface area contributed by atoms with Crippen molar-refractivity contribution in [3.8, 4) is 0 Å². The number of fused-ring (bicyclic) bond motifs is 1. The number of anilines is 1. The van der Waals surface area contributed by atoms with Gasteiger partial charge in [0.2, 0.25) is 5.95 Å². The molecule has 1 aliphatic heterocycles. The van der Waals surface area contributed by atoms with Crippen LogP contribution in [0.4, 0.5) is 5.95 Å². The van der Waals surface area contributed by atoms with Crippen molar-refractivity contribution in [2.75, 3.05) is 11.9 Å². The Bertz CT molecular complexity index is 664. The highest BCUT2D eigenvalue weighted by atomic mass is 16.5. The number of nitrogens with zero attached hydrogens (tertiary/aromatic N) is 2. The number of nitrogens with one attached hydrogen (secondary N) is 1. The number of aromatic nitrogens is 2. The lowest BCUT2D eigenvalue weighted by atomic mass is 10.1. The van der Waals surface area contributed by atoms with Gasteiger partial charge in [0, 0.05) is 12.1 Å². The minimum atomic E-state index is -0.349. The van der Waals surface area contributed by atoms with Gasteiger partial charge < -0.3 is 9.30 Å². The molecule has 3 rings (SSSR count). The molecule has 1 fully saturated rings. The van der Waals surface area contributed by atoms with Crippen LogP contribution in [-0.2, 0) is 15.1 Å². The molecule has 112 valence electrons. The molecule has 2 aromatic rings. The van der Waals surface area contributed by atoms with Crippen molar-refractivity contribution in [3.63, 3.8) is 0 Å². The van der Waals surface area contributed by atoms with Crippen LogP contribution in [0.3, 0.4) is 0 Å². The van der Waals surface area contributed by atoms with E-state index in [9.17, 15) is 4.79 Å². The molecule has 0 bridgehead atoms.